The van der Waals surface area contributed by atoms with Crippen LogP contribution in [-0.2, 0) is 0 Å². The fourth-order valence-corrected chi connectivity index (χ4v) is 2.14. The summed E-state index contributed by atoms with van der Waals surface area (Å²) in [6.45, 7) is 14.6. The Labute approximate surface area is 119 Å². The lowest BCUT2D eigenvalue weighted by molar-refractivity contribution is 0.506. The minimum absolute atomic E-state index is 0.720. The molecule has 0 heteroatoms. The smallest absolute Gasteiger partial charge is 0.0159 e. The lowest BCUT2D eigenvalue weighted by Gasteiger charge is -2.14. The first-order valence-corrected chi connectivity index (χ1v) is 7.37. The zero-order valence-electron chi connectivity index (χ0n) is 13.2. The number of rotatable bonds is 2. The van der Waals surface area contributed by atoms with E-state index in [-0.39, 0.29) is 0 Å². The lowest BCUT2D eigenvalue weighted by atomic mass is 9.90. The molecule has 1 aliphatic rings. The zero-order valence-corrected chi connectivity index (χ0v) is 13.2. The van der Waals surface area contributed by atoms with Crippen molar-refractivity contribution in [2.45, 2.75) is 47.5 Å². The van der Waals surface area contributed by atoms with Crippen LogP contribution in [0.2, 0.25) is 0 Å². The van der Waals surface area contributed by atoms with Crippen molar-refractivity contribution in [2.75, 3.05) is 0 Å². The predicted octanol–water partition coefficient (Wildman–Crippen LogP) is 6.03. The number of allylic oxidation sites excluding steroid dienone is 3. The van der Waals surface area contributed by atoms with E-state index < -0.39 is 0 Å². The first-order chi connectivity index (χ1) is 8.95. The van der Waals surface area contributed by atoms with Gasteiger partial charge >= 0.3 is 0 Å². The van der Waals surface area contributed by atoms with Crippen LogP contribution in [0.1, 0.15) is 51.7 Å². The Morgan fingerprint density at radius 3 is 2.11 bits per heavy atom. The Morgan fingerprint density at radius 1 is 1.21 bits per heavy atom. The molecule has 0 saturated carbocycles. The molecule has 1 aromatic carbocycles. The Hall–Kier alpha value is -1.30. The number of hydrogen-bond donors (Lipinski definition) is 0. The monoisotopic (exact) mass is 256 g/mol. The van der Waals surface area contributed by atoms with Gasteiger partial charge in [0.1, 0.15) is 0 Å². The van der Waals surface area contributed by atoms with Gasteiger partial charge in [-0.2, -0.15) is 0 Å². The highest BCUT2D eigenvalue weighted by atomic mass is 14.3. The van der Waals surface area contributed by atoms with E-state index in [1.807, 2.05) is 6.92 Å². The topological polar surface area (TPSA) is 0 Å². The van der Waals surface area contributed by atoms with E-state index in [2.05, 4.69) is 64.6 Å². The molecular weight excluding hydrogens is 228 g/mol. The zero-order chi connectivity index (χ0) is 14.4. The second kappa shape index (κ2) is 7.33. The third kappa shape index (κ3) is 4.70. The van der Waals surface area contributed by atoms with Gasteiger partial charge in [0.05, 0.1) is 0 Å². The summed E-state index contributed by atoms with van der Waals surface area (Å²) in [6.07, 6.45) is 4.75. The van der Waals surface area contributed by atoms with Crippen LogP contribution in [-0.4, -0.2) is 0 Å². The summed E-state index contributed by atoms with van der Waals surface area (Å²) in [4.78, 5) is 0. The van der Waals surface area contributed by atoms with Crippen LogP contribution in [0, 0.1) is 18.8 Å². The highest BCUT2D eigenvalue weighted by Crippen LogP contribution is 2.37. The number of benzene rings is 1. The van der Waals surface area contributed by atoms with E-state index in [1.165, 1.54) is 28.7 Å². The van der Waals surface area contributed by atoms with Crippen LogP contribution in [0.15, 0.2) is 42.5 Å². The SMILES string of the molecule is C=C(C)CC.Cc1ccc(C2=CCC(C)C2C)cc1. The quantitative estimate of drug-likeness (QED) is 0.567. The molecule has 0 radical (unpaired) electrons. The van der Waals surface area contributed by atoms with Crippen molar-refractivity contribution in [3.63, 3.8) is 0 Å². The Balaban J connectivity index is 0.000000312. The molecule has 2 unspecified atom stereocenters. The van der Waals surface area contributed by atoms with Crippen molar-refractivity contribution in [2.24, 2.45) is 11.8 Å². The molecule has 1 aromatic rings. The molecule has 2 atom stereocenters. The van der Waals surface area contributed by atoms with Crippen LogP contribution in [0.3, 0.4) is 0 Å². The molecular formula is C19H28. The van der Waals surface area contributed by atoms with Gasteiger partial charge in [-0.25, -0.2) is 0 Å². The second-order valence-electron chi connectivity index (χ2n) is 5.84. The standard InChI is InChI=1S/C14H18.C5H10/c1-10-4-7-13(8-5-10)14-9-6-11(2)12(14)3;1-4-5(2)3/h4-5,7-9,11-12H,6H2,1-3H3;2,4H2,1,3H3. The van der Waals surface area contributed by atoms with Crippen molar-refractivity contribution in [1.82, 2.24) is 0 Å². The van der Waals surface area contributed by atoms with Crippen molar-refractivity contribution in [3.8, 4) is 0 Å². The highest BCUT2D eigenvalue weighted by Gasteiger charge is 2.22. The van der Waals surface area contributed by atoms with Crippen LogP contribution < -0.4 is 0 Å². The molecule has 0 heterocycles. The molecule has 0 amide bonds. The summed E-state index contributed by atoms with van der Waals surface area (Å²) in [6, 6.07) is 8.89. The van der Waals surface area contributed by atoms with Gasteiger partial charge in [0.2, 0.25) is 0 Å². The average Bonchev–Trinajstić information content (AvgIpc) is 2.72. The molecule has 1 aliphatic carbocycles. The molecule has 19 heavy (non-hydrogen) atoms. The van der Waals surface area contributed by atoms with E-state index in [1.54, 1.807) is 0 Å². The van der Waals surface area contributed by atoms with E-state index in [0.29, 0.717) is 0 Å². The van der Waals surface area contributed by atoms with E-state index >= 15 is 0 Å². The molecule has 0 saturated heterocycles. The van der Waals surface area contributed by atoms with Gasteiger partial charge in [0, 0.05) is 0 Å². The Morgan fingerprint density at radius 2 is 1.74 bits per heavy atom. The second-order valence-corrected chi connectivity index (χ2v) is 5.84. The van der Waals surface area contributed by atoms with E-state index in [4.69, 9.17) is 0 Å². The summed E-state index contributed by atoms with van der Waals surface area (Å²) in [7, 11) is 0. The molecule has 0 nitrogen and oxygen atoms in total. The fourth-order valence-electron chi connectivity index (χ4n) is 2.14. The van der Waals surface area contributed by atoms with Crippen LogP contribution in [0.5, 0.6) is 0 Å². The van der Waals surface area contributed by atoms with Crippen LogP contribution in [0.4, 0.5) is 0 Å². The highest BCUT2D eigenvalue weighted by molar-refractivity contribution is 5.69. The fraction of sp³-hybridized carbons (Fsp3) is 0.474. The van der Waals surface area contributed by atoms with E-state index in [9.17, 15) is 0 Å². The van der Waals surface area contributed by atoms with Gasteiger partial charge in [-0.1, -0.05) is 62.2 Å². The first kappa shape index (κ1) is 15.8. The third-order valence-electron chi connectivity index (χ3n) is 4.04. The van der Waals surface area contributed by atoms with E-state index in [0.717, 1.165) is 18.3 Å². The van der Waals surface area contributed by atoms with Crippen LogP contribution >= 0.6 is 0 Å². The Bertz CT molecular complexity index is 434. The molecule has 0 N–H and O–H groups in total. The summed E-state index contributed by atoms with van der Waals surface area (Å²) in [5.74, 6) is 1.53. The number of hydrogen-bond acceptors (Lipinski definition) is 0. The van der Waals surface area contributed by atoms with Crippen molar-refractivity contribution in [1.29, 1.82) is 0 Å². The minimum atomic E-state index is 0.720. The largest absolute Gasteiger partial charge is 0.100 e. The average molecular weight is 256 g/mol. The molecule has 0 fully saturated rings. The van der Waals surface area contributed by atoms with Crippen molar-refractivity contribution < 1.29 is 0 Å². The molecule has 104 valence electrons. The van der Waals surface area contributed by atoms with Crippen molar-refractivity contribution in [3.05, 3.63) is 53.6 Å². The van der Waals surface area contributed by atoms with Gasteiger partial charge in [-0.15, -0.1) is 6.58 Å². The summed E-state index contributed by atoms with van der Waals surface area (Å²) in [5, 5.41) is 0. The summed E-state index contributed by atoms with van der Waals surface area (Å²) in [5.41, 5.74) is 5.54. The Kier molecular flexibility index (Phi) is 6.08. The molecule has 0 aliphatic heterocycles. The summed E-state index contributed by atoms with van der Waals surface area (Å²) >= 11 is 0. The maximum absolute atomic E-state index is 3.67. The normalized spacial score (nSPS) is 21.4. The molecule has 0 aromatic heterocycles. The van der Waals surface area contributed by atoms with Gasteiger partial charge < -0.3 is 0 Å². The van der Waals surface area contributed by atoms with Gasteiger partial charge in [0.25, 0.3) is 0 Å². The summed E-state index contributed by atoms with van der Waals surface area (Å²) < 4.78 is 0. The van der Waals surface area contributed by atoms with Crippen molar-refractivity contribution >= 4 is 5.57 Å². The molecule has 0 spiro atoms. The third-order valence-corrected chi connectivity index (χ3v) is 4.04. The van der Waals surface area contributed by atoms with Gasteiger partial charge in [-0.3, -0.25) is 0 Å². The maximum atomic E-state index is 3.67. The maximum Gasteiger partial charge on any atom is -0.0159 e. The predicted molar refractivity (Wildman–Crippen MR) is 87.2 cm³/mol. The number of aryl methyl sites for hydroxylation is 1. The lowest BCUT2D eigenvalue weighted by Crippen LogP contribution is -2.02. The van der Waals surface area contributed by atoms with Crippen LogP contribution in [0.25, 0.3) is 5.57 Å². The first-order valence-electron chi connectivity index (χ1n) is 7.37. The van der Waals surface area contributed by atoms with Gasteiger partial charge in [-0.05, 0) is 49.7 Å². The minimum Gasteiger partial charge on any atom is -0.100 e. The van der Waals surface area contributed by atoms with Gasteiger partial charge in [0.15, 0.2) is 0 Å². The molecule has 2 rings (SSSR count). The molecule has 0 bridgehead atoms.